The normalized spacial score (nSPS) is 66.6. The summed E-state index contributed by atoms with van der Waals surface area (Å²) >= 11 is -0.693. The summed E-state index contributed by atoms with van der Waals surface area (Å²) < 4.78 is 17.7. The van der Waals surface area contributed by atoms with E-state index in [1.807, 2.05) is 0 Å². The first-order chi connectivity index (χ1) is 6.54. The number of fused-ring (bicyclic) bond motifs is 1. The monoisotopic (exact) mass is 212 g/mol. The molecule has 5 unspecified atom stereocenters. The highest BCUT2D eigenvalue weighted by molar-refractivity contribution is 7.92. The molecule has 2 nitrogen and oxygen atoms in total. The molecule has 0 amide bonds. The van der Waals surface area contributed by atoms with Crippen LogP contribution in [0.25, 0.3) is 0 Å². The fraction of sp³-hybridized carbons (Fsp3) is 1.00. The molecule has 0 aromatic rings. The molecule has 0 radical (unpaired) electrons. The Hall–Kier alpha value is 0.270. The smallest absolute Gasteiger partial charge is 0.246 e. The van der Waals surface area contributed by atoms with E-state index in [0.717, 1.165) is 11.7 Å². The third kappa shape index (κ3) is 0.549. The summed E-state index contributed by atoms with van der Waals surface area (Å²) in [7, 11) is 0. The first kappa shape index (κ1) is 8.43. The van der Waals surface area contributed by atoms with Gasteiger partial charge in [0.05, 0.1) is 5.41 Å². The largest absolute Gasteiger partial charge is 0.614 e. The summed E-state index contributed by atoms with van der Waals surface area (Å²) in [6.07, 6.45) is 3.78. The number of rotatable bonds is 0. The molecule has 2 saturated carbocycles. The molecule has 78 valence electrons. The van der Waals surface area contributed by atoms with Crippen LogP contribution >= 0.6 is 0 Å². The van der Waals surface area contributed by atoms with Crippen LogP contribution in [0.3, 0.4) is 0 Å². The second-order valence-corrected chi connectivity index (χ2v) is 7.59. The molecule has 2 aliphatic heterocycles. The van der Waals surface area contributed by atoms with Crippen molar-refractivity contribution in [2.45, 2.75) is 44.1 Å². The van der Waals surface area contributed by atoms with Crippen molar-refractivity contribution in [3.05, 3.63) is 0 Å². The summed E-state index contributed by atoms with van der Waals surface area (Å²) in [4.78, 5) is 0. The van der Waals surface area contributed by atoms with Gasteiger partial charge in [0.15, 0.2) is 5.60 Å². The Labute approximate surface area is 87.6 Å². The number of ether oxygens (including phenoxy) is 1. The molecule has 0 N–H and O–H groups in total. The van der Waals surface area contributed by atoms with Crippen molar-refractivity contribution >= 4 is 11.2 Å². The molecule has 0 aromatic heterocycles. The molecule has 14 heavy (non-hydrogen) atoms. The van der Waals surface area contributed by atoms with Gasteiger partial charge in [0.1, 0.15) is 5.75 Å². The predicted molar refractivity (Wildman–Crippen MR) is 54.2 cm³/mol. The standard InChI is InChI=1S/C11H16O2S/c1-9(2)7-3-4-10(9)6-14(12)8-11(10,5-7)13-8/h7-8H,3-6H2,1-2H3. The molecule has 5 atom stereocenters. The summed E-state index contributed by atoms with van der Waals surface area (Å²) in [6.45, 7) is 4.75. The van der Waals surface area contributed by atoms with Gasteiger partial charge in [0.2, 0.25) is 5.44 Å². The van der Waals surface area contributed by atoms with Crippen LogP contribution in [-0.2, 0) is 15.9 Å². The van der Waals surface area contributed by atoms with Gasteiger partial charge < -0.3 is 9.29 Å². The van der Waals surface area contributed by atoms with Crippen LogP contribution in [0.4, 0.5) is 0 Å². The van der Waals surface area contributed by atoms with E-state index in [4.69, 9.17) is 4.74 Å². The van der Waals surface area contributed by atoms with Gasteiger partial charge in [0.25, 0.3) is 0 Å². The summed E-state index contributed by atoms with van der Waals surface area (Å²) in [5.74, 6) is 1.74. The van der Waals surface area contributed by atoms with Crippen molar-refractivity contribution < 1.29 is 9.29 Å². The van der Waals surface area contributed by atoms with Crippen LogP contribution in [0, 0.1) is 16.7 Å². The third-order valence-corrected chi connectivity index (χ3v) is 7.53. The summed E-state index contributed by atoms with van der Waals surface area (Å²) in [6, 6.07) is 0. The second kappa shape index (κ2) is 1.92. The SMILES string of the molecule is CC1(C)C2CCC13C[S+]([O-])C1OC13C2. The van der Waals surface area contributed by atoms with Crippen molar-refractivity contribution in [3.8, 4) is 0 Å². The van der Waals surface area contributed by atoms with Crippen molar-refractivity contribution in [3.63, 3.8) is 0 Å². The molecule has 2 spiro atoms. The Morgan fingerprint density at radius 1 is 1.43 bits per heavy atom. The third-order valence-electron chi connectivity index (χ3n) is 5.80. The second-order valence-electron chi connectivity index (χ2n) is 6.11. The van der Waals surface area contributed by atoms with Gasteiger partial charge in [-0.15, -0.1) is 0 Å². The van der Waals surface area contributed by atoms with E-state index < -0.39 is 11.2 Å². The van der Waals surface area contributed by atoms with Crippen LogP contribution in [0.15, 0.2) is 0 Å². The zero-order valence-electron chi connectivity index (χ0n) is 8.71. The molecular weight excluding hydrogens is 196 g/mol. The Bertz CT molecular complexity index is 329. The van der Waals surface area contributed by atoms with Crippen LogP contribution in [0.2, 0.25) is 0 Å². The van der Waals surface area contributed by atoms with Crippen LogP contribution < -0.4 is 0 Å². The Balaban J connectivity index is 1.91. The maximum Gasteiger partial charge on any atom is 0.246 e. The van der Waals surface area contributed by atoms with Gasteiger partial charge in [-0.05, 0) is 41.8 Å². The molecule has 4 aliphatic rings. The first-order valence-corrected chi connectivity index (χ1v) is 6.97. The number of hydrogen-bond donors (Lipinski definition) is 0. The molecule has 4 fully saturated rings. The topological polar surface area (TPSA) is 35.6 Å². The highest BCUT2D eigenvalue weighted by atomic mass is 32.2. The molecule has 2 aliphatic carbocycles. The lowest BCUT2D eigenvalue weighted by Gasteiger charge is -2.36. The number of epoxide rings is 1. The molecule has 2 saturated heterocycles. The van der Waals surface area contributed by atoms with E-state index in [0.29, 0.717) is 5.41 Å². The minimum absolute atomic E-state index is 0.0737. The molecular formula is C11H16O2S. The quantitative estimate of drug-likeness (QED) is 0.452. The molecule has 3 heteroatoms. The average molecular weight is 212 g/mol. The van der Waals surface area contributed by atoms with Crippen LogP contribution in [0.5, 0.6) is 0 Å². The lowest BCUT2D eigenvalue weighted by molar-refractivity contribution is 0.0734. The summed E-state index contributed by atoms with van der Waals surface area (Å²) in [5, 5.41) is 0. The molecule has 2 heterocycles. The van der Waals surface area contributed by atoms with E-state index in [2.05, 4.69) is 13.8 Å². The average Bonchev–Trinajstić information content (AvgIpc) is 2.66. The lowest BCUT2D eigenvalue weighted by atomic mass is 9.66. The van der Waals surface area contributed by atoms with E-state index in [-0.39, 0.29) is 16.5 Å². The van der Waals surface area contributed by atoms with E-state index in [9.17, 15) is 4.55 Å². The highest BCUT2D eigenvalue weighted by Gasteiger charge is 2.90. The fourth-order valence-electron chi connectivity index (χ4n) is 4.77. The van der Waals surface area contributed by atoms with Crippen molar-refractivity contribution in [1.82, 2.24) is 0 Å². The van der Waals surface area contributed by atoms with E-state index in [1.54, 1.807) is 0 Å². The van der Waals surface area contributed by atoms with Gasteiger partial charge in [-0.3, -0.25) is 0 Å². The van der Waals surface area contributed by atoms with Gasteiger partial charge in [-0.25, -0.2) is 0 Å². The van der Waals surface area contributed by atoms with Crippen molar-refractivity contribution in [1.29, 1.82) is 0 Å². The van der Waals surface area contributed by atoms with Crippen molar-refractivity contribution in [2.24, 2.45) is 16.7 Å². The zero-order valence-corrected chi connectivity index (χ0v) is 9.52. The van der Waals surface area contributed by atoms with Gasteiger partial charge in [-0.1, -0.05) is 13.8 Å². The number of hydrogen-bond acceptors (Lipinski definition) is 2. The fourth-order valence-corrected chi connectivity index (χ4v) is 7.20. The lowest BCUT2D eigenvalue weighted by Crippen LogP contribution is -2.41. The summed E-state index contributed by atoms with van der Waals surface area (Å²) in [5.41, 5.74) is 0.838. The van der Waals surface area contributed by atoms with Gasteiger partial charge in [-0.2, -0.15) is 0 Å². The Morgan fingerprint density at radius 3 is 2.79 bits per heavy atom. The zero-order chi connectivity index (χ0) is 9.77. The predicted octanol–water partition coefficient (Wildman–Crippen LogP) is 1.67. The maximum atomic E-state index is 11.9. The minimum atomic E-state index is -0.693. The van der Waals surface area contributed by atoms with Crippen LogP contribution in [0.1, 0.15) is 33.1 Å². The molecule has 0 aromatic carbocycles. The highest BCUT2D eigenvalue weighted by Crippen LogP contribution is 2.80. The molecule has 4 rings (SSSR count). The van der Waals surface area contributed by atoms with E-state index >= 15 is 0 Å². The van der Waals surface area contributed by atoms with Crippen molar-refractivity contribution in [2.75, 3.05) is 5.75 Å². The molecule has 2 bridgehead atoms. The Kier molecular flexibility index (Phi) is 1.15. The maximum absolute atomic E-state index is 11.9. The van der Waals surface area contributed by atoms with Crippen LogP contribution in [-0.4, -0.2) is 21.3 Å². The van der Waals surface area contributed by atoms with Gasteiger partial charge in [0, 0.05) is 0 Å². The van der Waals surface area contributed by atoms with E-state index in [1.165, 1.54) is 19.3 Å². The minimum Gasteiger partial charge on any atom is -0.614 e. The Morgan fingerprint density at radius 2 is 2.21 bits per heavy atom. The first-order valence-electron chi connectivity index (χ1n) is 5.59. The van der Waals surface area contributed by atoms with Gasteiger partial charge >= 0.3 is 0 Å².